The van der Waals surface area contributed by atoms with Gasteiger partial charge >= 0.3 is 0 Å². The van der Waals surface area contributed by atoms with Crippen LogP contribution in [0.4, 0.5) is 4.39 Å². The largest absolute Gasteiger partial charge is 0.204 e. The molecule has 0 radical (unpaired) electrons. The first kappa shape index (κ1) is 9.49. The Morgan fingerprint density at radius 2 is 2.09 bits per heavy atom. The first-order valence-corrected chi connectivity index (χ1v) is 5.14. The van der Waals surface area contributed by atoms with E-state index in [4.69, 9.17) is 11.6 Å². The first-order valence-electron chi connectivity index (χ1n) is 2.85. The molecule has 0 heterocycles. The SMILES string of the molecule is Fc1c(Br)ccc(CBr)c1Cl. The lowest BCUT2D eigenvalue weighted by Crippen LogP contribution is -1.85. The number of benzene rings is 1. The van der Waals surface area contributed by atoms with Crippen LogP contribution in [0.15, 0.2) is 16.6 Å². The molecule has 1 aromatic carbocycles. The highest BCUT2D eigenvalue weighted by Crippen LogP contribution is 2.27. The van der Waals surface area contributed by atoms with E-state index >= 15 is 0 Å². The Kier molecular flexibility index (Phi) is 3.34. The first-order chi connectivity index (χ1) is 5.16. The topological polar surface area (TPSA) is 0 Å². The monoisotopic (exact) mass is 300 g/mol. The fraction of sp³-hybridized carbons (Fsp3) is 0.143. The summed E-state index contributed by atoms with van der Waals surface area (Å²) in [6.07, 6.45) is 0. The molecule has 11 heavy (non-hydrogen) atoms. The van der Waals surface area contributed by atoms with E-state index in [1.165, 1.54) is 0 Å². The van der Waals surface area contributed by atoms with Crippen LogP contribution >= 0.6 is 43.5 Å². The molecule has 1 aromatic rings. The lowest BCUT2D eigenvalue weighted by molar-refractivity contribution is 0.620. The quantitative estimate of drug-likeness (QED) is 0.540. The predicted molar refractivity (Wildman–Crippen MR) is 51.7 cm³/mol. The molecule has 0 aliphatic heterocycles. The Bertz CT molecular complexity index is 275. The molecule has 0 amide bonds. The van der Waals surface area contributed by atoms with E-state index in [2.05, 4.69) is 31.9 Å². The van der Waals surface area contributed by atoms with Gasteiger partial charge in [-0.2, -0.15) is 0 Å². The molecular formula is C7H4Br2ClF. The normalized spacial score (nSPS) is 10.2. The molecule has 0 aliphatic rings. The van der Waals surface area contributed by atoms with Crippen molar-refractivity contribution in [3.8, 4) is 0 Å². The number of hydrogen-bond donors (Lipinski definition) is 0. The molecule has 0 aromatic heterocycles. The van der Waals surface area contributed by atoms with Crippen LogP contribution in [0.2, 0.25) is 5.02 Å². The Hall–Kier alpha value is 0.400. The summed E-state index contributed by atoms with van der Waals surface area (Å²) in [4.78, 5) is 0. The lowest BCUT2D eigenvalue weighted by Gasteiger charge is -2.01. The zero-order valence-corrected chi connectivity index (χ0v) is 9.30. The van der Waals surface area contributed by atoms with Crippen molar-refractivity contribution >= 4 is 43.5 Å². The zero-order chi connectivity index (χ0) is 8.43. The highest BCUT2D eigenvalue weighted by atomic mass is 79.9. The maximum absolute atomic E-state index is 13.0. The molecule has 0 saturated heterocycles. The van der Waals surface area contributed by atoms with Gasteiger partial charge in [-0.05, 0) is 27.6 Å². The second-order valence-electron chi connectivity index (χ2n) is 1.97. The predicted octanol–water partition coefficient (Wildman–Crippen LogP) is 4.14. The van der Waals surface area contributed by atoms with Crippen molar-refractivity contribution in [3.63, 3.8) is 0 Å². The molecular weight excluding hydrogens is 298 g/mol. The van der Waals surface area contributed by atoms with E-state index in [1.54, 1.807) is 12.1 Å². The third kappa shape index (κ3) is 1.95. The summed E-state index contributed by atoms with van der Waals surface area (Å²) in [5.74, 6) is -0.399. The van der Waals surface area contributed by atoms with E-state index < -0.39 is 5.82 Å². The van der Waals surface area contributed by atoms with Gasteiger partial charge in [0.25, 0.3) is 0 Å². The second kappa shape index (κ2) is 3.87. The van der Waals surface area contributed by atoms with Gasteiger partial charge in [-0.15, -0.1) is 0 Å². The van der Waals surface area contributed by atoms with Crippen LogP contribution in [0, 0.1) is 5.82 Å². The average molecular weight is 302 g/mol. The molecule has 60 valence electrons. The summed E-state index contributed by atoms with van der Waals surface area (Å²) in [7, 11) is 0. The zero-order valence-electron chi connectivity index (χ0n) is 5.37. The summed E-state index contributed by atoms with van der Waals surface area (Å²) < 4.78 is 13.4. The van der Waals surface area contributed by atoms with Gasteiger partial charge in [0.05, 0.1) is 9.50 Å². The summed E-state index contributed by atoms with van der Waals surface area (Å²) in [6, 6.07) is 3.40. The Morgan fingerprint density at radius 1 is 1.45 bits per heavy atom. The fourth-order valence-electron chi connectivity index (χ4n) is 0.669. The molecule has 0 spiro atoms. The third-order valence-corrected chi connectivity index (χ3v) is 2.88. The van der Waals surface area contributed by atoms with Crippen LogP contribution in [-0.4, -0.2) is 0 Å². The Balaban J connectivity index is 3.25. The molecule has 0 aliphatic carbocycles. The van der Waals surface area contributed by atoms with E-state index in [9.17, 15) is 4.39 Å². The molecule has 0 bridgehead atoms. The number of hydrogen-bond acceptors (Lipinski definition) is 0. The molecule has 0 N–H and O–H groups in total. The van der Waals surface area contributed by atoms with E-state index in [0.29, 0.717) is 9.80 Å². The van der Waals surface area contributed by atoms with Crippen LogP contribution in [-0.2, 0) is 5.33 Å². The van der Waals surface area contributed by atoms with Crippen LogP contribution in [0.1, 0.15) is 5.56 Å². The van der Waals surface area contributed by atoms with Gasteiger partial charge in [0.1, 0.15) is 0 Å². The number of halogens is 4. The van der Waals surface area contributed by atoms with Crippen molar-refractivity contribution in [1.82, 2.24) is 0 Å². The minimum Gasteiger partial charge on any atom is -0.204 e. The maximum atomic E-state index is 13.0. The molecule has 0 saturated carbocycles. The summed E-state index contributed by atoms with van der Waals surface area (Å²) in [6.45, 7) is 0. The van der Waals surface area contributed by atoms with Gasteiger partial charge in [0.15, 0.2) is 5.82 Å². The molecule has 4 heteroatoms. The summed E-state index contributed by atoms with van der Waals surface area (Å²) in [5.41, 5.74) is 0.757. The van der Waals surface area contributed by atoms with Crippen LogP contribution < -0.4 is 0 Å². The van der Waals surface area contributed by atoms with Gasteiger partial charge in [-0.1, -0.05) is 33.6 Å². The standard InChI is InChI=1S/C7H4Br2ClF/c8-3-4-1-2-5(9)7(11)6(4)10/h1-2H,3H2. The van der Waals surface area contributed by atoms with Crippen molar-refractivity contribution < 1.29 is 4.39 Å². The van der Waals surface area contributed by atoms with Crippen LogP contribution in [0.25, 0.3) is 0 Å². The van der Waals surface area contributed by atoms with Crippen molar-refractivity contribution in [2.75, 3.05) is 0 Å². The van der Waals surface area contributed by atoms with Crippen LogP contribution in [0.3, 0.4) is 0 Å². The molecule has 1 rings (SSSR count). The maximum Gasteiger partial charge on any atom is 0.156 e. The van der Waals surface area contributed by atoms with Gasteiger partial charge < -0.3 is 0 Å². The molecule has 0 fully saturated rings. The van der Waals surface area contributed by atoms with Gasteiger partial charge in [0, 0.05) is 5.33 Å². The van der Waals surface area contributed by atoms with E-state index in [1.807, 2.05) is 0 Å². The van der Waals surface area contributed by atoms with Crippen molar-refractivity contribution in [2.45, 2.75) is 5.33 Å². The highest BCUT2D eigenvalue weighted by Gasteiger charge is 2.07. The Morgan fingerprint density at radius 3 is 2.64 bits per heavy atom. The highest BCUT2D eigenvalue weighted by molar-refractivity contribution is 9.10. The van der Waals surface area contributed by atoms with Gasteiger partial charge in [-0.25, -0.2) is 4.39 Å². The molecule has 0 atom stereocenters. The Labute approximate surface area is 86.0 Å². The number of alkyl halides is 1. The lowest BCUT2D eigenvalue weighted by atomic mass is 10.2. The minimum atomic E-state index is -0.399. The van der Waals surface area contributed by atoms with Crippen molar-refractivity contribution in [1.29, 1.82) is 0 Å². The smallest absolute Gasteiger partial charge is 0.156 e. The van der Waals surface area contributed by atoms with Gasteiger partial charge in [0.2, 0.25) is 0 Å². The second-order valence-corrected chi connectivity index (χ2v) is 3.76. The third-order valence-electron chi connectivity index (χ3n) is 1.26. The van der Waals surface area contributed by atoms with E-state index in [-0.39, 0.29) is 5.02 Å². The number of rotatable bonds is 1. The van der Waals surface area contributed by atoms with E-state index in [0.717, 1.165) is 5.56 Å². The summed E-state index contributed by atoms with van der Waals surface area (Å²) in [5, 5.41) is 0.743. The molecule has 0 nitrogen and oxygen atoms in total. The fourth-order valence-corrected chi connectivity index (χ4v) is 1.97. The van der Waals surface area contributed by atoms with Crippen LogP contribution in [0.5, 0.6) is 0 Å². The van der Waals surface area contributed by atoms with Gasteiger partial charge in [-0.3, -0.25) is 0 Å². The average Bonchev–Trinajstić information content (AvgIpc) is 2.01. The van der Waals surface area contributed by atoms with Crippen molar-refractivity contribution in [3.05, 3.63) is 33.0 Å². The minimum absolute atomic E-state index is 0.177. The molecule has 0 unspecified atom stereocenters. The van der Waals surface area contributed by atoms with Crippen molar-refractivity contribution in [2.24, 2.45) is 0 Å². The summed E-state index contributed by atoms with van der Waals surface area (Å²) >= 11 is 11.9.